The smallest absolute Gasteiger partial charge is 0.251 e. The molecule has 2 aromatic rings. The van der Waals surface area contributed by atoms with Crippen molar-refractivity contribution < 1.29 is 14.3 Å². The Morgan fingerprint density at radius 3 is 2.94 bits per heavy atom. The van der Waals surface area contributed by atoms with Crippen molar-refractivity contribution in [3.05, 3.63) is 54.0 Å². The second-order valence-electron chi connectivity index (χ2n) is 3.36. The molecular weight excluding hydrogens is 206 g/mol. The van der Waals surface area contributed by atoms with Gasteiger partial charge >= 0.3 is 0 Å². The predicted molar refractivity (Wildman–Crippen MR) is 58.0 cm³/mol. The van der Waals surface area contributed by atoms with Crippen LogP contribution in [-0.2, 0) is 6.54 Å². The maximum atomic E-state index is 11.6. The zero-order valence-corrected chi connectivity index (χ0v) is 8.51. The lowest BCUT2D eigenvalue weighted by Gasteiger charge is -2.03. The number of aromatic hydroxyl groups is 1. The molecule has 16 heavy (non-hydrogen) atoms. The molecule has 1 aromatic heterocycles. The van der Waals surface area contributed by atoms with E-state index in [9.17, 15) is 9.90 Å². The molecular formula is C12H11NO3. The number of hydrogen-bond acceptors (Lipinski definition) is 3. The molecule has 0 saturated heterocycles. The summed E-state index contributed by atoms with van der Waals surface area (Å²) in [5, 5.41) is 11.9. The summed E-state index contributed by atoms with van der Waals surface area (Å²) in [6.45, 7) is 0.408. The molecule has 0 aliphatic carbocycles. The molecule has 1 aromatic carbocycles. The van der Waals surface area contributed by atoms with E-state index < -0.39 is 0 Å². The second-order valence-corrected chi connectivity index (χ2v) is 3.36. The quantitative estimate of drug-likeness (QED) is 0.825. The first-order valence-electron chi connectivity index (χ1n) is 4.84. The summed E-state index contributed by atoms with van der Waals surface area (Å²) in [6.07, 6.45) is 3.12. The van der Waals surface area contributed by atoms with E-state index >= 15 is 0 Å². The minimum absolute atomic E-state index is 0.0796. The van der Waals surface area contributed by atoms with E-state index in [1.54, 1.807) is 30.7 Å². The summed E-state index contributed by atoms with van der Waals surface area (Å²) in [7, 11) is 0. The monoisotopic (exact) mass is 217 g/mol. The van der Waals surface area contributed by atoms with Crippen molar-refractivity contribution in [3.8, 4) is 5.75 Å². The molecule has 0 unspecified atom stereocenters. The van der Waals surface area contributed by atoms with Gasteiger partial charge in [0.15, 0.2) is 0 Å². The lowest BCUT2D eigenvalue weighted by atomic mass is 10.2. The van der Waals surface area contributed by atoms with Gasteiger partial charge in [0.25, 0.3) is 5.91 Å². The molecule has 4 heteroatoms. The average Bonchev–Trinajstić information content (AvgIpc) is 2.78. The number of carbonyl (C=O) groups is 1. The van der Waals surface area contributed by atoms with Crippen LogP contribution >= 0.6 is 0 Å². The lowest BCUT2D eigenvalue weighted by molar-refractivity contribution is 0.0950. The summed E-state index contributed by atoms with van der Waals surface area (Å²) >= 11 is 0. The number of benzene rings is 1. The lowest BCUT2D eigenvalue weighted by Crippen LogP contribution is -2.22. The van der Waals surface area contributed by atoms with Crippen LogP contribution in [0.25, 0.3) is 0 Å². The molecule has 0 aliphatic rings. The normalized spacial score (nSPS) is 10.0. The van der Waals surface area contributed by atoms with E-state index in [1.807, 2.05) is 0 Å². The van der Waals surface area contributed by atoms with Gasteiger partial charge in [-0.3, -0.25) is 4.79 Å². The van der Waals surface area contributed by atoms with E-state index in [-0.39, 0.29) is 11.7 Å². The van der Waals surface area contributed by atoms with Gasteiger partial charge in [-0.25, -0.2) is 0 Å². The van der Waals surface area contributed by atoms with Crippen LogP contribution in [0.4, 0.5) is 0 Å². The number of rotatable bonds is 3. The van der Waals surface area contributed by atoms with E-state index in [0.717, 1.165) is 5.56 Å². The van der Waals surface area contributed by atoms with Crippen LogP contribution in [0.3, 0.4) is 0 Å². The van der Waals surface area contributed by atoms with Crippen LogP contribution in [-0.4, -0.2) is 11.0 Å². The molecule has 4 nitrogen and oxygen atoms in total. The third-order valence-electron chi connectivity index (χ3n) is 2.14. The van der Waals surface area contributed by atoms with E-state index in [1.165, 1.54) is 12.1 Å². The van der Waals surface area contributed by atoms with Gasteiger partial charge in [-0.2, -0.15) is 0 Å². The highest BCUT2D eigenvalue weighted by molar-refractivity contribution is 5.94. The fourth-order valence-corrected chi connectivity index (χ4v) is 1.32. The highest BCUT2D eigenvalue weighted by Gasteiger charge is 2.05. The van der Waals surface area contributed by atoms with E-state index in [0.29, 0.717) is 12.1 Å². The van der Waals surface area contributed by atoms with Crippen LogP contribution in [0.5, 0.6) is 5.75 Å². The number of nitrogens with one attached hydrogen (secondary N) is 1. The van der Waals surface area contributed by atoms with Crippen LogP contribution in [0.2, 0.25) is 0 Å². The van der Waals surface area contributed by atoms with Gasteiger partial charge in [0, 0.05) is 17.7 Å². The van der Waals surface area contributed by atoms with Crippen molar-refractivity contribution in [1.82, 2.24) is 5.32 Å². The Labute approximate surface area is 92.5 Å². The highest BCUT2D eigenvalue weighted by Crippen LogP contribution is 2.10. The number of phenols is 1. The minimum atomic E-state index is -0.225. The molecule has 2 N–H and O–H groups in total. The Morgan fingerprint density at radius 1 is 1.38 bits per heavy atom. The van der Waals surface area contributed by atoms with Crippen LogP contribution < -0.4 is 5.32 Å². The number of carbonyl (C=O) groups excluding carboxylic acids is 1. The maximum Gasteiger partial charge on any atom is 0.251 e. The zero-order chi connectivity index (χ0) is 11.4. The standard InChI is InChI=1S/C12H11NO3/c14-11-3-1-2-10(6-11)12(15)13-7-9-4-5-16-8-9/h1-6,8,14H,7H2,(H,13,15). The van der Waals surface area contributed by atoms with Gasteiger partial charge in [0.1, 0.15) is 5.75 Å². The Balaban J connectivity index is 1.98. The first-order chi connectivity index (χ1) is 7.75. The maximum absolute atomic E-state index is 11.6. The molecule has 82 valence electrons. The van der Waals surface area contributed by atoms with E-state index in [4.69, 9.17) is 4.42 Å². The van der Waals surface area contributed by atoms with Crippen LogP contribution in [0.1, 0.15) is 15.9 Å². The van der Waals surface area contributed by atoms with E-state index in [2.05, 4.69) is 5.32 Å². The third kappa shape index (κ3) is 2.42. The minimum Gasteiger partial charge on any atom is -0.508 e. The summed E-state index contributed by atoms with van der Waals surface area (Å²) in [5.74, 6) is -0.145. The molecule has 1 heterocycles. The molecule has 0 spiro atoms. The summed E-state index contributed by atoms with van der Waals surface area (Å²) < 4.78 is 4.88. The second kappa shape index (κ2) is 4.53. The number of amides is 1. The van der Waals surface area contributed by atoms with Crippen molar-refractivity contribution in [2.45, 2.75) is 6.54 Å². The summed E-state index contributed by atoms with van der Waals surface area (Å²) in [6, 6.07) is 7.99. The van der Waals surface area contributed by atoms with Crippen molar-refractivity contribution in [1.29, 1.82) is 0 Å². The molecule has 0 radical (unpaired) electrons. The molecule has 1 amide bonds. The fraction of sp³-hybridized carbons (Fsp3) is 0.0833. The molecule has 0 bridgehead atoms. The molecule has 0 aliphatic heterocycles. The van der Waals surface area contributed by atoms with Crippen molar-refractivity contribution >= 4 is 5.91 Å². The Kier molecular flexibility index (Phi) is 2.91. The Morgan fingerprint density at radius 2 is 2.25 bits per heavy atom. The average molecular weight is 217 g/mol. The molecule has 0 atom stereocenters. The summed E-state index contributed by atoms with van der Waals surface area (Å²) in [5.41, 5.74) is 1.33. The van der Waals surface area contributed by atoms with Crippen molar-refractivity contribution in [2.75, 3.05) is 0 Å². The van der Waals surface area contributed by atoms with Gasteiger partial charge < -0.3 is 14.8 Å². The van der Waals surface area contributed by atoms with Crippen molar-refractivity contribution in [3.63, 3.8) is 0 Å². The largest absolute Gasteiger partial charge is 0.508 e. The predicted octanol–water partition coefficient (Wildman–Crippen LogP) is 1.92. The van der Waals surface area contributed by atoms with Gasteiger partial charge in [-0.1, -0.05) is 6.07 Å². The molecule has 0 fully saturated rings. The first kappa shape index (κ1) is 10.3. The van der Waals surface area contributed by atoms with Crippen LogP contribution in [0.15, 0.2) is 47.3 Å². The summed E-state index contributed by atoms with van der Waals surface area (Å²) in [4.78, 5) is 11.6. The molecule has 2 rings (SSSR count). The molecule has 0 saturated carbocycles. The third-order valence-corrected chi connectivity index (χ3v) is 2.14. The van der Waals surface area contributed by atoms with Gasteiger partial charge in [0.2, 0.25) is 0 Å². The van der Waals surface area contributed by atoms with Gasteiger partial charge in [0.05, 0.1) is 12.5 Å². The highest BCUT2D eigenvalue weighted by atomic mass is 16.3. The number of phenolic OH excluding ortho intramolecular Hbond substituents is 1. The SMILES string of the molecule is O=C(NCc1ccoc1)c1cccc(O)c1. The number of furan rings is 1. The van der Waals surface area contributed by atoms with Gasteiger partial charge in [-0.05, 0) is 24.3 Å². The van der Waals surface area contributed by atoms with Crippen molar-refractivity contribution in [2.24, 2.45) is 0 Å². The van der Waals surface area contributed by atoms with Gasteiger partial charge in [-0.15, -0.1) is 0 Å². The topological polar surface area (TPSA) is 62.5 Å². The fourth-order valence-electron chi connectivity index (χ4n) is 1.32. The zero-order valence-electron chi connectivity index (χ0n) is 8.51. The Bertz CT molecular complexity index is 477. The Hall–Kier alpha value is -2.23. The van der Waals surface area contributed by atoms with Crippen LogP contribution in [0, 0.1) is 0 Å². The first-order valence-corrected chi connectivity index (χ1v) is 4.84. The number of hydrogen-bond donors (Lipinski definition) is 2.